The Labute approximate surface area is 125 Å². The van der Waals surface area contributed by atoms with Crippen molar-refractivity contribution in [3.8, 4) is 0 Å². The first kappa shape index (κ1) is 15.1. The Morgan fingerprint density at radius 1 is 1.38 bits per heavy atom. The van der Waals surface area contributed by atoms with Gasteiger partial charge in [0.25, 0.3) is 0 Å². The number of nitrogens with one attached hydrogen (secondary N) is 1. The molecule has 5 nitrogen and oxygen atoms in total. The van der Waals surface area contributed by atoms with Crippen LogP contribution in [0.5, 0.6) is 0 Å². The SMILES string of the molecule is Cc1[nH]c(=O)nc(SC/C=C/c2ccccc2)c1C(=O)O. The van der Waals surface area contributed by atoms with Gasteiger partial charge in [-0.05, 0) is 12.5 Å². The molecule has 1 aromatic carbocycles. The van der Waals surface area contributed by atoms with E-state index in [1.54, 1.807) is 6.92 Å². The predicted molar refractivity (Wildman–Crippen MR) is 82.8 cm³/mol. The molecule has 0 aliphatic heterocycles. The fourth-order valence-electron chi connectivity index (χ4n) is 1.79. The molecule has 0 saturated heterocycles. The molecule has 21 heavy (non-hydrogen) atoms. The summed E-state index contributed by atoms with van der Waals surface area (Å²) in [5.41, 5.74) is 0.892. The van der Waals surface area contributed by atoms with Gasteiger partial charge in [-0.25, -0.2) is 9.59 Å². The Hall–Kier alpha value is -2.34. The number of benzene rings is 1. The third-order valence-corrected chi connectivity index (χ3v) is 3.65. The lowest BCUT2D eigenvalue weighted by molar-refractivity contribution is 0.0690. The number of carbonyl (C=O) groups is 1. The molecule has 2 rings (SSSR count). The van der Waals surface area contributed by atoms with Gasteiger partial charge in [0.1, 0.15) is 10.6 Å². The summed E-state index contributed by atoms with van der Waals surface area (Å²) in [5, 5.41) is 9.42. The van der Waals surface area contributed by atoms with E-state index in [1.165, 1.54) is 11.8 Å². The standard InChI is InChI=1S/C15H14N2O3S/c1-10-12(14(18)19)13(17-15(20)16-10)21-9-5-8-11-6-3-2-4-7-11/h2-8H,9H2,1H3,(H,18,19)(H,16,17,20)/b8-5+. The van der Waals surface area contributed by atoms with E-state index in [9.17, 15) is 14.7 Å². The van der Waals surface area contributed by atoms with Crippen molar-refractivity contribution < 1.29 is 9.90 Å². The van der Waals surface area contributed by atoms with Crippen LogP contribution in [-0.4, -0.2) is 26.8 Å². The minimum Gasteiger partial charge on any atom is -0.478 e. The number of nitrogens with zero attached hydrogens (tertiary/aromatic N) is 1. The maximum absolute atomic E-state index is 11.3. The number of rotatable bonds is 5. The molecule has 2 aromatic rings. The first-order valence-electron chi connectivity index (χ1n) is 6.26. The van der Waals surface area contributed by atoms with Crippen molar-refractivity contribution in [2.45, 2.75) is 11.9 Å². The summed E-state index contributed by atoms with van der Waals surface area (Å²) in [7, 11) is 0. The van der Waals surface area contributed by atoms with Crippen molar-refractivity contribution in [2.75, 3.05) is 5.75 Å². The molecule has 0 saturated carbocycles. The van der Waals surface area contributed by atoms with Crippen LogP contribution < -0.4 is 5.69 Å². The maximum Gasteiger partial charge on any atom is 0.346 e. The molecule has 0 fully saturated rings. The van der Waals surface area contributed by atoms with Crippen LogP contribution in [0.25, 0.3) is 6.08 Å². The molecular formula is C15H14N2O3S. The second-order valence-electron chi connectivity index (χ2n) is 4.28. The largest absolute Gasteiger partial charge is 0.478 e. The highest BCUT2D eigenvalue weighted by atomic mass is 32.2. The molecule has 0 spiro atoms. The zero-order valence-electron chi connectivity index (χ0n) is 11.4. The minimum atomic E-state index is -1.09. The van der Waals surface area contributed by atoms with E-state index in [2.05, 4.69) is 9.97 Å². The van der Waals surface area contributed by atoms with E-state index in [4.69, 9.17) is 0 Å². The molecule has 0 aliphatic rings. The Morgan fingerprint density at radius 3 is 2.76 bits per heavy atom. The second kappa shape index (κ2) is 6.90. The number of aromatic carboxylic acids is 1. The molecule has 0 bridgehead atoms. The van der Waals surface area contributed by atoms with Gasteiger partial charge >= 0.3 is 11.7 Å². The van der Waals surface area contributed by atoms with Gasteiger partial charge in [0.15, 0.2) is 0 Å². The van der Waals surface area contributed by atoms with E-state index >= 15 is 0 Å². The lowest BCUT2D eigenvalue weighted by Crippen LogP contribution is -2.18. The number of carboxylic acids is 1. The third kappa shape index (κ3) is 4.06. The van der Waals surface area contributed by atoms with Gasteiger partial charge in [0, 0.05) is 11.4 Å². The average Bonchev–Trinajstić information content (AvgIpc) is 2.43. The molecule has 0 aliphatic carbocycles. The lowest BCUT2D eigenvalue weighted by Gasteiger charge is -2.05. The van der Waals surface area contributed by atoms with Crippen LogP contribution in [0.4, 0.5) is 0 Å². The van der Waals surface area contributed by atoms with Crippen LogP contribution in [0.2, 0.25) is 0 Å². The van der Waals surface area contributed by atoms with E-state index in [1.807, 2.05) is 42.5 Å². The molecule has 0 amide bonds. The van der Waals surface area contributed by atoms with Gasteiger partial charge in [-0.3, -0.25) is 0 Å². The monoisotopic (exact) mass is 302 g/mol. The highest BCUT2D eigenvalue weighted by Gasteiger charge is 2.16. The number of carboxylic acid groups (broad SMARTS) is 1. The van der Waals surface area contributed by atoms with Crippen molar-refractivity contribution in [1.29, 1.82) is 0 Å². The number of thioether (sulfide) groups is 1. The van der Waals surface area contributed by atoms with E-state index in [0.717, 1.165) is 5.56 Å². The molecule has 108 valence electrons. The number of hydrogen-bond acceptors (Lipinski definition) is 4. The molecule has 2 N–H and O–H groups in total. The summed E-state index contributed by atoms with van der Waals surface area (Å²) in [6.45, 7) is 1.55. The summed E-state index contributed by atoms with van der Waals surface area (Å²) in [4.78, 5) is 28.7. The van der Waals surface area contributed by atoms with E-state index in [-0.39, 0.29) is 10.6 Å². The fraction of sp³-hybridized carbons (Fsp3) is 0.133. The second-order valence-corrected chi connectivity index (χ2v) is 5.29. The van der Waals surface area contributed by atoms with Gasteiger partial charge in [-0.2, -0.15) is 4.98 Å². The summed E-state index contributed by atoms with van der Waals surface area (Å²) >= 11 is 1.22. The Kier molecular flexibility index (Phi) is 4.94. The highest BCUT2D eigenvalue weighted by Crippen LogP contribution is 2.21. The van der Waals surface area contributed by atoms with Crippen LogP contribution in [0.3, 0.4) is 0 Å². The normalized spacial score (nSPS) is 10.9. The zero-order chi connectivity index (χ0) is 15.2. The number of aromatic nitrogens is 2. The van der Waals surface area contributed by atoms with Crippen molar-refractivity contribution in [2.24, 2.45) is 0 Å². The summed E-state index contributed by atoms with van der Waals surface area (Å²) in [6.07, 6.45) is 3.84. The summed E-state index contributed by atoms with van der Waals surface area (Å²) in [6, 6.07) is 9.76. The highest BCUT2D eigenvalue weighted by molar-refractivity contribution is 7.99. The average molecular weight is 302 g/mol. The minimum absolute atomic E-state index is 0.0488. The summed E-state index contributed by atoms with van der Waals surface area (Å²) in [5.74, 6) is -0.559. The van der Waals surface area contributed by atoms with Crippen molar-refractivity contribution in [3.05, 3.63) is 63.7 Å². The van der Waals surface area contributed by atoms with Gasteiger partial charge in [-0.1, -0.05) is 42.5 Å². The quantitative estimate of drug-likeness (QED) is 0.655. The topological polar surface area (TPSA) is 83.0 Å². The van der Waals surface area contributed by atoms with E-state index < -0.39 is 11.7 Å². The third-order valence-electron chi connectivity index (χ3n) is 2.73. The summed E-state index contributed by atoms with van der Waals surface area (Å²) < 4.78 is 0. The van der Waals surface area contributed by atoms with Crippen LogP contribution in [0.15, 0.2) is 46.2 Å². The zero-order valence-corrected chi connectivity index (χ0v) is 12.2. The first-order valence-corrected chi connectivity index (χ1v) is 7.25. The van der Waals surface area contributed by atoms with Gasteiger partial charge < -0.3 is 10.1 Å². The van der Waals surface area contributed by atoms with Crippen LogP contribution in [0, 0.1) is 6.92 Å². The first-order chi connectivity index (χ1) is 10.1. The van der Waals surface area contributed by atoms with E-state index in [0.29, 0.717) is 11.4 Å². The van der Waals surface area contributed by atoms with Crippen molar-refractivity contribution in [3.63, 3.8) is 0 Å². The van der Waals surface area contributed by atoms with Crippen LogP contribution in [-0.2, 0) is 0 Å². The smallest absolute Gasteiger partial charge is 0.346 e. The molecule has 0 radical (unpaired) electrons. The van der Waals surface area contributed by atoms with Gasteiger partial charge in [0.05, 0.1) is 0 Å². The fourth-order valence-corrected chi connectivity index (χ4v) is 2.67. The van der Waals surface area contributed by atoms with Crippen molar-refractivity contribution in [1.82, 2.24) is 9.97 Å². The molecule has 1 aromatic heterocycles. The number of hydrogen-bond donors (Lipinski definition) is 2. The van der Waals surface area contributed by atoms with Gasteiger partial charge in [0.2, 0.25) is 0 Å². The van der Waals surface area contributed by atoms with Gasteiger partial charge in [-0.15, -0.1) is 11.8 Å². The Balaban J connectivity index is 2.12. The van der Waals surface area contributed by atoms with Crippen molar-refractivity contribution >= 4 is 23.8 Å². The molecule has 1 heterocycles. The molecule has 6 heteroatoms. The van der Waals surface area contributed by atoms with Crippen LogP contribution in [0.1, 0.15) is 21.6 Å². The predicted octanol–water partition coefficient (Wildman–Crippen LogP) is 2.58. The number of H-pyrrole nitrogens is 1. The number of aromatic amines is 1. The molecular weight excluding hydrogens is 288 g/mol. The molecule has 0 unspecified atom stereocenters. The van der Waals surface area contributed by atoms with Crippen LogP contribution >= 0.6 is 11.8 Å². The number of aryl methyl sites for hydroxylation is 1. The molecule has 0 atom stereocenters. The Bertz CT molecular complexity index is 723. The Morgan fingerprint density at radius 2 is 2.10 bits per heavy atom. The maximum atomic E-state index is 11.3. The lowest BCUT2D eigenvalue weighted by atomic mass is 10.2.